The Morgan fingerprint density at radius 2 is 1.91 bits per heavy atom. The van der Waals surface area contributed by atoms with Crippen molar-refractivity contribution < 1.29 is 28.1 Å². The largest absolute Gasteiger partial charge is 0.462 e. The van der Waals surface area contributed by atoms with Crippen LogP contribution in [0.1, 0.15) is 59.4 Å². The van der Waals surface area contributed by atoms with Gasteiger partial charge >= 0.3 is 5.97 Å². The van der Waals surface area contributed by atoms with Crippen LogP contribution in [0.5, 0.6) is 0 Å². The third-order valence-electron chi connectivity index (χ3n) is 6.91. The number of ether oxygens (including phenoxy) is 3. The van der Waals surface area contributed by atoms with E-state index in [0.717, 1.165) is 12.0 Å². The van der Waals surface area contributed by atoms with E-state index in [0.29, 0.717) is 25.9 Å². The molecule has 1 saturated heterocycles. The van der Waals surface area contributed by atoms with Crippen LogP contribution in [0, 0.1) is 0 Å². The summed E-state index contributed by atoms with van der Waals surface area (Å²) in [4.78, 5) is 12.0. The Morgan fingerprint density at radius 1 is 1.23 bits per heavy atom. The lowest BCUT2D eigenvalue weighted by molar-refractivity contribution is -0.267. The first-order valence-electron chi connectivity index (χ1n) is 12.6. The van der Waals surface area contributed by atoms with E-state index in [1.165, 1.54) is 6.08 Å². The van der Waals surface area contributed by atoms with Gasteiger partial charge in [-0.05, 0) is 50.4 Å². The average Bonchev–Trinajstić information content (AvgIpc) is 2.78. The van der Waals surface area contributed by atoms with Gasteiger partial charge in [-0.2, -0.15) is 0 Å². The van der Waals surface area contributed by atoms with Crippen LogP contribution in [0.3, 0.4) is 0 Å². The summed E-state index contributed by atoms with van der Waals surface area (Å²) in [5.74, 6) is -0.324. The fraction of sp³-hybridized carbons (Fsp3) is 0.667. The molecule has 0 amide bonds. The second kappa shape index (κ2) is 13.7. The summed E-state index contributed by atoms with van der Waals surface area (Å²) in [6, 6.07) is 9.97. The molecule has 1 fully saturated rings. The molecular weight excluding hydrogens is 459 g/mol. The predicted octanol–water partition coefficient (Wildman–Crippen LogP) is 5.51. The number of allylic oxidation sites excluding steroid dienone is 1. The highest BCUT2D eigenvalue weighted by Crippen LogP contribution is 2.39. The lowest BCUT2D eigenvalue weighted by Gasteiger charge is -2.46. The third-order valence-corrected chi connectivity index (χ3v) is 11.4. The van der Waals surface area contributed by atoms with Gasteiger partial charge in [0.05, 0.1) is 31.0 Å². The minimum atomic E-state index is -2.05. The molecule has 0 bridgehead atoms. The number of benzene rings is 1. The Kier molecular flexibility index (Phi) is 11.7. The van der Waals surface area contributed by atoms with Gasteiger partial charge in [0, 0.05) is 18.9 Å². The van der Waals surface area contributed by atoms with E-state index in [9.17, 15) is 4.79 Å². The summed E-state index contributed by atoms with van der Waals surface area (Å²) < 4.78 is 29.5. The fourth-order valence-electron chi connectivity index (χ4n) is 3.63. The second-order valence-corrected chi connectivity index (χ2v) is 15.6. The molecule has 0 spiro atoms. The molecule has 6 nitrogen and oxygen atoms in total. The van der Waals surface area contributed by atoms with Gasteiger partial charge in [-0.1, -0.05) is 57.2 Å². The molecule has 1 aromatic rings. The van der Waals surface area contributed by atoms with Crippen molar-refractivity contribution in [3.63, 3.8) is 0 Å². The molecular formula is C27H43BO6Si. The van der Waals surface area contributed by atoms with Crippen LogP contribution < -0.4 is 0 Å². The van der Waals surface area contributed by atoms with E-state index < -0.39 is 14.6 Å². The first kappa shape index (κ1) is 29.8. The van der Waals surface area contributed by atoms with Crippen molar-refractivity contribution in [1.29, 1.82) is 0 Å². The lowest BCUT2D eigenvalue weighted by Crippen LogP contribution is -2.55. The monoisotopic (exact) mass is 502 g/mol. The molecule has 0 saturated carbocycles. The quantitative estimate of drug-likeness (QED) is 0.213. The van der Waals surface area contributed by atoms with Crippen LogP contribution >= 0.6 is 0 Å². The highest BCUT2D eigenvalue weighted by Gasteiger charge is 2.45. The highest BCUT2D eigenvalue weighted by atomic mass is 28.4. The SMILES string of the molecule is [B]O[C@@H]1CC(O[Si](C)(C)C(C)(C)C)[C@H](O[C@H](C)CC/C=C/C(=O)OCCc2ccccc2)O[C@H]1C. The molecule has 2 radical (unpaired) electrons. The molecule has 1 aliphatic rings. The molecule has 1 aliphatic heterocycles. The zero-order valence-electron chi connectivity index (χ0n) is 22.5. The number of rotatable bonds is 12. The molecule has 1 unspecified atom stereocenters. The smallest absolute Gasteiger partial charge is 0.330 e. The zero-order chi connectivity index (χ0) is 26.1. The van der Waals surface area contributed by atoms with Crippen LogP contribution in [-0.2, 0) is 34.5 Å². The van der Waals surface area contributed by atoms with Crippen molar-refractivity contribution in [1.82, 2.24) is 0 Å². The maximum atomic E-state index is 12.0. The topological polar surface area (TPSA) is 63.2 Å². The highest BCUT2D eigenvalue weighted by molar-refractivity contribution is 6.74. The van der Waals surface area contributed by atoms with Crippen molar-refractivity contribution in [2.75, 3.05) is 6.61 Å². The van der Waals surface area contributed by atoms with E-state index in [4.69, 9.17) is 31.3 Å². The number of carbonyl (C=O) groups is 1. The second-order valence-electron chi connectivity index (χ2n) is 10.9. The van der Waals surface area contributed by atoms with E-state index >= 15 is 0 Å². The molecule has 35 heavy (non-hydrogen) atoms. The minimum absolute atomic E-state index is 0.0613. The average molecular weight is 503 g/mol. The summed E-state index contributed by atoms with van der Waals surface area (Å²) >= 11 is 0. The van der Waals surface area contributed by atoms with E-state index in [2.05, 4.69) is 33.9 Å². The molecule has 8 heteroatoms. The summed E-state index contributed by atoms with van der Waals surface area (Å²) in [6.07, 6.45) is 4.83. The molecule has 2 rings (SSSR count). The lowest BCUT2D eigenvalue weighted by atomic mass is 10.0. The standard InChI is InChI=1S/C27H43BO6Si/c1-20(13-11-12-16-25(29)30-18-17-22-14-9-8-10-15-22)31-26-24(19-23(33-28)21(2)32-26)34-35(6,7)27(3,4)5/h8-10,12,14-16,20-21,23-24,26H,11,13,17-19H2,1-7H3/b16-12+/t20-,21+,23-,24?,26-/m1/s1. The van der Waals surface area contributed by atoms with Crippen molar-refractivity contribution in [3.05, 3.63) is 48.0 Å². The van der Waals surface area contributed by atoms with E-state index in [1.54, 1.807) is 0 Å². The van der Waals surface area contributed by atoms with Crippen molar-refractivity contribution >= 4 is 22.3 Å². The molecule has 5 atom stereocenters. The van der Waals surface area contributed by atoms with Gasteiger partial charge in [-0.3, -0.25) is 0 Å². The van der Waals surface area contributed by atoms with Crippen molar-refractivity contribution in [3.8, 4) is 0 Å². The molecule has 0 N–H and O–H groups in total. The molecule has 1 heterocycles. The summed E-state index contributed by atoms with van der Waals surface area (Å²) in [6.45, 7) is 15.4. The first-order valence-corrected chi connectivity index (χ1v) is 15.5. The van der Waals surface area contributed by atoms with Crippen LogP contribution in [0.25, 0.3) is 0 Å². The van der Waals surface area contributed by atoms with Crippen molar-refractivity contribution in [2.24, 2.45) is 0 Å². The van der Waals surface area contributed by atoms with E-state index in [-0.39, 0.29) is 35.4 Å². The van der Waals surface area contributed by atoms with Gasteiger partial charge in [0.1, 0.15) is 0 Å². The number of esters is 1. The molecule has 194 valence electrons. The number of hydrogen-bond donors (Lipinski definition) is 0. The Balaban J connectivity index is 1.81. The van der Waals surface area contributed by atoms with Gasteiger partial charge in [-0.15, -0.1) is 0 Å². The molecule has 1 aromatic carbocycles. The maximum Gasteiger partial charge on any atom is 0.330 e. The van der Waals surface area contributed by atoms with Crippen LogP contribution in [0.2, 0.25) is 18.1 Å². The van der Waals surface area contributed by atoms with Crippen LogP contribution in [0.15, 0.2) is 42.5 Å². The summed E-state index contributed by atoms with van der Waals surface area (Å²) in [7, 11) is 3.46. The third kappa shape index (κ3) is 9.85. The fourth-order valence-corrected chi connectivity index (χ4v) is 4.95. The predicted molar refractivity (Wildman–Crippen MR) is 142 cm³/mol. The number of carbonyl (C=O) groups excluding carboxylic acids is 1. The van der Waals surface area contributed by atoms with Crippen molar-refractivity contribution in [2.45, 2.75) is 109 Å². The summed E-state index contributed by atoms with van der Waals surface area (Å²) in [5, 5.41) is 0.0613. The Labute approximate surface area is 214 Å². The van der Waals surface area contributed by atoms with E-state index in [1.807, 2.05) is 50.3 Å². The molecule has 0 aliphatic carbocycles. The minimum Gasteiger partial charge on any atom is -0.462 e. The summed E-state index contributed by atoms with van der Waals surface area (Å²) in [5.41, 5.74) is 1.15. The Bertz CT molecular complexity index is 795. The van der Waals surface area contributed by atoms with Gasteiger partial charge in [0.15, 0.2) is 14.6 Å². The van der Waals surface area contributed by atoms with Gasteiger partial charge in [-0.25, -0.2) is 4.79 Å². The van der Waals surface area contributed by atoms with Crippen LogP contribution in [-0.4, -0.2) is 59.6 Å². The number of hydrogen-bond acceptors (Lipinski definition) is 6. The van der Waals surface area contributed by atoms with Gasteiger partial charge < -0.3 is 23.3 Å². The molecule has 0 aromatic heterocycles. The zero-order valence-corrected chi connectivity index (χ0v) is 23.5. The Hall–Kier alpha value is -1.45. The maximum absolute atomic E-state index is 12.0. The normalized spacial score (nSPS) is 24.4. The Morgan fingerprint density at radius 3 is 2.54 bits per heavy atom. The van der Waals surface area contributed by atoms with Crippen LogP contribution in [0.4, 0.5) is 0 Å². The van der Waals surface area contributed by atoms with Gasteiger partial charge in [0.2, 0.25) is 0 Å². The first-order chi connectivity index (χ1) is 16.4. The van der Waals surface area contributed by atoms with Gasteiger partial charge in [0.25, 0.3) is 8.05 Å².